The molecule has 7 heteroatoms. The summed E-state index contributed by atoms with van der Waals surface area (Å²) in [5.41, 5.74) is 1.30. The molecule has 1 amide bonds. The predicted molar refractivity (Wildman–Crippen MR) is 113 cm³/mol. The Morgan fingerprint density at radius 1 is 1.04 bits per heavy atom. The quantitative estimate of drug-likeness (QED) is 0.837. The molecule has 1 aromatic rings. The normalized spacial score (nSPS) is 23.8. The summed E-state index contributed by atoms with van der Waals surface area (Å²) >= 11 is 0. The zero-order chi connectivity index (χ0) is 16.9. The minimum Gasteiger partial charge on any atom is -0.369 e. The summed E-state index contributed by atoms with van der Waals surface area (Å²) in [7, 11) is 0. The van der Waals surface area contributed by atoms with Crippen LogP contribution in [0.25, 0.3) is 0 Å². The van der Waals surface area contributed by atoms with Gasteiger partial charge in [-0.15, -0.1) is 24.8 Å². The van der Waals surface area contributed by atoms with Crippen LogP contribution in [0.5, 0.6) is 0 Å². The van der Waals surface area contributed by atoms with Crippen molar-refractivity contribution in [1.82, 2.24) is 15.1 Å². The maximum absolute atomic E-state index is 12.5. The second-order valence-electron chi connectivity index (χ2n) is 6.98. The SMILES string of the molecule is CC1NCCN(C(=O)CCN2CCN(c3ccccc3)CC2)C1C.Cl.Cl. The summed E-state index contributed by atoms with van der Waals surface area (Å²) in [4.78, 5) is 19.5. The predicted octanol–water partition coefficient (Wildman–Crippen LogP) is 2.25. The molecular weight excluding hydrogens is 371 g/mol. The number of nitrogens with one attached hydrogen (secondary N) is 1. The van der Waals surface area contributed by atoms with Crippen molar-refractivity contribution in [3.05, 3.63) is 30.3 Å². The van der Waals surface area contributed by atoms with E-state index in [4.69, 9.17) is 0 Å². The van der Waals surface area contributed by atoms with Crippen molar-refractivity contribution in [3.8, 4) is 0 Å². The molecule has 2 aliphatic rings. The number of anilines is 1. The number of nitrogens with zero attached hydrogens (tertiary/aromatic N) is 3. The Kier molecular flexibility index (Phi) is 9.72. The first-order valence-electron chi connectivity index (χ1n) is 9.20. The number of amides is 1. The number of halogens is 2. The second-order valence-corrected chi connectivity index (χ2v) is 6.98. The van der Waals surface area contributed by atoms with E-state index in [1.165, 1.54) is 5.69 Å². The molecule has 2 saturated heterocycles. The highest BCUT2D eigenvalue weighted by Gasteiger charge is 2.28. The van der Waals surface area contributed by atoms with Gasteiger partial charge in [-0.25, -0.2) is 0 Å². The molecule has 0 radical (unpaired) electrons. The summed E-state index contributed by atoms with van der Waals surface area (Å²) < 4.78 is 0. The van der Waals surface area contributed by atoms with E-state index in [0.717, 1.165) is 45.8 Å². The monoisotopic (exact) mass is 402 g/mol. The Bertz CT molecular complexity index is 538. The molecule has 0 saturated carbocycles. The Labute approximate surface area is 169 Å². The third-order valence-electron chi connectivity index (χ3n) is 5.49. The van der Waals surface area contributed by atoms with Crippen LogP contribution in [0.2, 0.25) is 0 Å². The fourth-order valence-corrected chi connectivity index (χ4v) is 3.67. The molecule has 148 valence electrons. The van der Waals surface area contributed by atoms with E-state index in [1.807, 2.05) is 0 Å². The summed E-state index contributed by atoms with van der Waals surface area (Å²) in [5.74, 6) is 0.307. The molecule has 0 aromatic heterocycles. The zero-order valence-electron chi connectivity index (χ0n) is 15.8. The molecule has 3 rings (SSSR count). The molecule has 0 aliphatic carbocycles. The van der Waals surface area contributed by atoms with Crippen LogP contribution < -0.4 is 10.2 Å². The number of hydrogen-bond donors (Lipinski definition) is 1. The molecule has 2 aliphatic heterocycles. The van der Waals surface area contributed by atoms with Gasteiger partial charge in [0.25, 0.3) is 0 Å². The molecule has 1 aromatic carbocycles. The highest BCUT2D eigenvalue weighted by molar-refractivity contribution is 5.85. The average molecular weight is 403 g/mol. The third-order valence-corrected chi connectivity index (χ3v) is 5.49. The van der Waals surface area contributed by atoms with Gasteiger partial charge in [-0.1, -0.05) is 18.2 Å². The average Bonchev–Trinajstić information content (AvgIpc) is 2.63. The molecule has 2 fully saturated rings. The number of piperazine rings is 2. The van der Waals surface area contributed by atoms with Gasteiger partial charge in [-0.05, 0) is 26.0 Å². The van der Waals surface area contributed by atoms with E-state index in [1.54, 1.807) is 0 Å². The van der Waals surface area contributed by atoms with Crippen LogP contribution in [0.4, 0.5) is 5.69 Å². The first kappa shape index (κ1) is 23.0. The van der Waals surface area contributed by atoms with Crippen LogP contribution in [0.3, 0.4) is 0 Å². The van der Waals surface area contributed by atoms with E-state index in [0.29, 0.717) is 24.4 Å². The Morgan fingerprint density at radius 2 is 1.69 bits per heavy atom. The number of para-hydroxylation sites is 1. The smallest absolute Gasteiger partial charge is 0.224 e. The maximum atomic E-state index is 12.5. The number of hydrogen-bond acceptors (Lipinski definition) is 4. The maximum Gasteiger partial charge on any atom is 0.224 e. The summed E-state index contributed by atoms with van der Waals surface area (Å²) in [5, 5.41) is 3.43. The molecule has 2 atom stereocenters. The number of rotatable bonds is 4. The summed E-state index contributed by atoms with van der Waals surface area (Å²) in [6, 6.07) is 11.3. The fourth-order valence-electron chi connectivity index (χ4n) is 3.67. The van der Waals surface area contributed by atoms with Gasteiger partial charge in [0.05, 0.1) is 0 Å². The summed E-state index contributed by atoms with van der Waals surface area (Å²) in [6.45, 7) is 11.1. The Morgan fingerprint density at radius 3 is 2.35 bits per heavy atom. The van der Waals surface area contributed by atoms with Crippen molar-refractivity contribution in [3.63, 3.8) is 0 Å². The molecule has 26 heavy (non-hydrogen) atoms. The van der Waals surface area contributed by atoms with E-state index >= 15 is 0 Å². The van der Waals surface area contributed by atoms with E-state index < -0.39 is 0 Å². The highest BCUT2D eigenvalue weighted by atomic mass is 35.5. The van der Waals surface area contributed by atoms with Crippen LogP contribution >= 0.6 is 24.8 Å². The highest BCUT2D eigenvalue weighted by Crippen LogP contribution is 2.16. The molecule has 0 bridgehead atoms. The van der Waals surface area contributed by atoms with Crippen molar-refractivity contribution in [2.75, 3.05) is 50.7 Å². The van der Waals surface area contributed by atoms with Crippen molar-refractivity contribution >= 4 is 36.4 Å². The van der Waals surface area contributed by atoms with Gasteiger partial charge in [0, 0.05) is 70.0 Å². The fraction of sp³-hybridized carbons (Fsp3) is 0.632. The van der Waals surface area contributed by atoms with E-state index in [2.05, 4.69) is 64.2 Å². The van der Waals surface area contributed by atoms with Crippen molar-refractivity contribution < 1.29 is 4.79 Å². The standard InChI is InChI=1S/C19H30N4O.2ClH/c1-16-17(2)23(11-9-20-16)19(24)8-10-21-12-14-22(15-13-21)18-6-4-3-5-7-18;;/h3-7,16-17,20H,8-15H2,1-2H3;2*1H. The third kappa shape index (κ3) is 5.74. The van der Waals surface area contributed by atoms with Gasteiger partial charge < -0.3 is 15.1 Å². The lowest BCUT2D eigenvalue weighted by Crippen LogP contribution is -2.57. The van der Waals surface area contributed by atoms with E-state index in [9.17, 15) is 4.79 Å². The van der Waals surface area contributed by atoms with Crippen LogP contribution in [0.15, 0.2) is 30.3 Å². The Hall–Kier alpha value is -1.01. The minimum absolute atomic E-state index is 0. The molecule has 2 heterocycles. The van der Waals surface area contributed by atoms with E-state index in [-0.39, 0.29) is 24.8 Å². The van der Waals surface area contributed by atoms with Crippen molar-refractivity contribution in [2.24, 2.45) is 0 Å². The lowest BCUT2D eigenvalue weighted by Gasteiger charge is -2.39. The van der Waals surface area contributed by atoms with Crippen LogP contribution in [-0.4, -0.2) is 73.6 Å². The summed E-state index contributed by atoms with van der Waals surface area (Å²) in [6.07, 6.45) is 0.641. The van der Waals surface area contributed by atoms with Crippen molar-refractivity contribution in [2.45, 2.75) is 32.4 Å². The van der Waals surface area contributed by atoms with Gasteiger partial charge in [0.15, 0.2) is 0 Å². The molecule has 2 unspecified atom stereocenters. The molecule has 5 nitrogen and oxygen atoms in total. The number of carbonyl (C=O) groups excluding carboxylic acids is 1. The zero-order valence-corrected chi connectivity index (χ0v) is 17.4. The largest absolute Gasteiger partial charge is 0.369 e. The topological polar surface area (TPSA) is 38.8 Å². The molecule has 1 N–H and O–H groups in total. The van der Waals surface area contributed by atoms with Crippen LogP contribution in [-0.2, 0) is 4.79 Å². The van der Waals surface area contributed by atoms with Crippen LogP contribution in [0.1, 0.15) is 20.3 Å². The van der Waals surface area contributed by atoms with Gasteiger partial charge >= 0.3 is 0 Å². The molecule has 0 spiro atoms. The first-order chi connectivity index (χ1) is 11.6. The Balaban J connectivity index is 0.00000169. The van der Waals surface area contributed by atoms with Crippen molar-refractivity contribution in [1.29, 1.82) is 0 Å². The second kappa shape index (κ2) is 11.0. The minimum atomic E-state index is 0. The van der Waals surface area contributed by atoms with Gasteiger partial charge in [0.1, 0.15) is 0 Å². The van der Waals surface area contributed by atoms with Gasteiger partial charge in [-0.2, -0.15) is 0 Å². The van der Waals surface area contributed by atoms with Gasteiger partial charge in [0.2, 0.25) is 5.91 Å². The van der Waals surface area contributed by atoms with Gasteiger partial charge in [-0.3, -0.25) is 9.69 Å². The van der Waals surface area contributed by atoms with Crippen LogP contribution in [0, 0.1) is 0 Å². The molecular formula is C19H32Cl2N4O. The first-order valence-corrected chi connectivity index (χ1v) is 9.20. The lowest BCUT2D eigenvalue weighted by atomic mass is 10.1. The lowest BCUT2D eigenvalue weighted by molar-refractivity contribution is -0.135. The number of benzene rings is 1. The number of carbonyl (C=O) groups is 1.